The van der Waals surface area contributed by atoms with Gasteiger partial charge in [0.25, 0.3) is 0 Å². The van der Waals surface area contributed by atoms with Crippen molar-refractivity contribution in [3.05, 3.63) is 60.2 Å². The number of hydrogen-bond donors (Lipinski definition) is 3. The highest BCUT2D eigenvalue weighted by Crippen LogP contribution is 2.26. The van der Waals surface area contributed by atoms with E-state index in [0.29, 0.717) is 5.75 Å². The summed E-state index contributed by atoms with van der Waals surface area (Å²) in [7, 11) is 0. The summed E-state index contributed by atoms with van der Waals surface area (Å²) in [6.45, 7) is 0. The number of ether oxygens (including phenoxy) is 1. The minimum atomic E-state index is -0.661. The van der Waals surface area contributed by atoms with Crippen LogP contribution in [-0.4, -0.2) is 18.0 Å². The van der Waals surface area contributed by atoms with Crippen LogP contribution in [0.2, 0.25) is 0 Å². The van der Waals surface area contributed by atoms with Gasteiger partial charge in [-0.2, -0.15) is 0 Å². The van der Waals surface area contributed by atoms with E-state index in [2.05, 4.69) is 10.6 Å². The van der Waals surface area contributed by atoms with Crippen LogP contribution in [0.1, 0.15) is 56.6 Å². The number of benzene rings is 2. The van der Waals surface area contributed by atoms with Gasteiger partial charge in [0.05, 0.1) is 12.5 Å². The van der Waals surface area contributed by atoms with Crippen LogP contribution in [-0.2, 0) is 4.79 Å². The maximum Gasteiger partial charge on any atom is 0.312 e. The van der Waals surface area contributed by atoms with E-state index in [1.807, 2.05) is 54.6 Å². The van der Waals surface area contributed by atoms with E-state index in [9.17, 15) is 9.59 Å². The number of para-hydroxylation sites is 1. The fraction of sp³-hybridized carbons (Fsp3) is 0.391. The van der Waals surface area contributed by atoms with Crippen LogP contribution in [0.25, 0.3) is 0 Å². The molecule has 0 spiro atoms. The molecule has 6 heteroatoms. The Kier molecular flexibility index (Phi) is 7.50. The molecule has 0 saturated heterocycles. The Hall–Kier alpha value is -3.02. The molecule has 0 radical (unpaired) electrons. The minimum absolute atomic E-state index is 0.0787. The molecular weight excluding hydrogens is 366 g/mol. The first-order valence-corrected chi connectivity index (χ1v) is 10.3. The molecule has 1 aliphatic carbocycles. The number of amides is 3. The molecule has 1 saturated carbocycles. The summed E-state index contributed by atoms with van der Waals surface area (Å²) in [6, 6.07) is 15.8. The summed E-state index contributed by atoms with van der Waals surface area (Å²) >= 11 is 0. The fourth-order valence-corrected chi connectivity index (χ4v) is 3.74. The quantitative estimate of drug-likeness (QED) is 0.606. The molecular formula is C23H29N3O3. The van der Waals surface area contributed by atoms with Crippen molar-refractivity contribution in [3.63, 3.8) is 0 Å². The molecule has 29 heavy (non-hydrogen) atoms. The first kappa shape index (κ1) is 20.7. The van der Waals surface area contributed by atoms with Crippen LogP contribution in [0.15, 0.2) is 54.6 Å². The van der Waals surface area contributed by atoms with Crippen molar-refractivity contribution in [2.45, 2.75) is 57.0 Å². The van der Waals surface area contributed by atoms with Crippen LogP contribution in [0.3, 0.4) is 0 Å². The Bertz CT molecular complexity index is 802. The van der Waals surface area contributed by atoms with E-state index in [4.69, 9.17) is 10.5 Å². The van der Waals surface area contributed by atoms with Gasteiger partial charge in [-0.1, -0.05) is 56.0 Å². The highest BCUT2D eigenvalue weighted by Gasteiger charge is 2.21. The van der Waals surface area contributed by atoms with Gasteiger partial charge in [0.2, 0.25) is 5.91 Å². The Morgan fingerprint density at radius 3 is 2.34 bits per heavy atom. The second-order valence-electron chi connectivity index (χ2n) is 7.51. The monoisotopic (exact) mass is 395 g/mol. The summed E-state index contributed by atoms with van der Waals surface area (Å²) in [4.78, 5) is 24.2. The van der Waals surface area contributed by atoms with E-state index in [1.54, 1.807) is 0 Å². The smallest absolute Gasteiger partial charge is 0.312 e. The van der Waals surface area contributed by atoms with Crippen LogP contribution in [0, 0.1) is 0 Å². The lowest BCUT2D eigenvalue weighted by atomic mass is 10.0. The number of carbonyl (C=O) groups is 2. The van der Waals surface area contributed by atoms with Crippen molar-refractivity contribution < 1.29 is 14.3 Å². The lowest BCUT2D eigenvalue weighted by Gasteiger charge is -2.21. The van der Waals surface area contributed by atoms with Gasteiger partial charge in [-0.15, -0.1) is 0 Å². The molecule has 154 valence electrons. The molecule has 4 N–H and O–H groups in total. The van der Waals surface area contributed by atoms with E-state index >= 15 is 0 Å². The molecule has 3 amide bonds. The molecule has 1 fully saturated rings. The number of hydrogen-bond acceptors (Lipinski definition) is 3. The van der Waals surface area contributed by atoms with Crippen LogP contribution in [0.5, 0.6) is 11.5 Å². The molecule has 0 bridgehead atoms. The molecule has 0 heterocycles. The molecule has 2 aromatic rings. The maximum absolute atomic E-state index is 12.6. The molecule has 1 atom stereocenters. The lowest BCUT2D eigenvalue weighted by molar-refractivity contribution is -0.122. The summed E-state index contributed by atoms with van der Waals surface area (Å²) in [6.07, 6.45) is 6.91. The Balaban J connectivity index is 1.68. The van der Waals surface area contributed by atoms with Crippen molar-refractivity contribution in [2.24, 2.45) is 5.73 Å². The van der Waals surface area contributed by atoms with Crippen molar-refractivity contribution in [1.82, 2.24) is 10.6 Å². The number of rotatable bonds is 7. The third-order valence-corrected chi connectivity index (χ3v) is 5.17. The third-order valence-electron chi connectivity index (χ3n) is 5.17. The lowest BCUT2D eigenvalue weighted by Crippen LogP contribution is -2.39. The Morgan fingerprint density at radius 1 is 0.966 bits per heavy atom. The standard InChI is InChI=1S/C23H29N3O3/c24-23(28)26-21(16-22(27)25-18-10-4-1-2-5-11-18)17-9-8-14-20(15-17)29-19-12-6-3-7-13-19/h3,6-9,12-15,18,21H,1-2,4-5,10-11,16H2,(H,25,27)(H3,24,26,28). The number of urea groups is 1. The average molecular weight is 396 g/mol. The maximum atomic E-state index is 12.6. The number of primary amides is 1. The Morgan fingerprint density at radius 2 is 1.66 bits per heavy atom. The van der Waals surface area contributed by atoms with Gasteiger partial charge in [0.1, 0.15) is 11.5 Å². The molecule has 3 rings (SSSR count). The number of carbonyl (C=O) groups excluding carboxylic acids is 2. The van der Waals surface area contributed by atoms with E-state index < -0.39 is 12.1 Å². The summed E-state index contributed by atoms with van der Waals surface area (Å²) in [5.41, 5.74) is 6.13. The molecule has 0 aliphatic heterocycles. The van der Waals surface area contributed by atoms with Gasteiger partial charge in [0, 0.05) is 6.04 Å². The van der Waals surface area contributed by atoms with Gasteiger partial charge in [-0.25, -0.2) is 4.79 Å². The van der Waals surface area contributed by atoms with Crippen molar-refractivity contribution in [2.75, 3.05) is 0 Å². The first-order chi connectivity index (χ1) is 14.1. The largest absolute Gasteiger partial charge is 0.457 e. The van der Waals surface area contributed by atoms with Crippen molar-refractivity contribution >= 4 is 11.9 Å². The zero-order chi connectivity index (χ0) is 20.5. The topological polar surface area (TPSA) is 93.5 Å². The Labute approximate surface area is 171 Å². The normalized spacial score (nSPS) is 15.7. The zero-order valence-corrected chi connectivity index (χ0v) is 16.6. The van der Waals surface area contributed by atoms with Gasteiger partial charge < -0.3 is 21.1 Å². The van der Waals surface area contributed by atoms with Crippen LogP contribution < -0.4 is 21.1 Å². The SMILES string of the molecule is NC(=O)NC(CC(=O)NC1CCCCCC1)c1cccc(Oc2ccccc2)c1. The molecule has 1 aliphatic rings. The van der Waals surface area contributed by atoms with Crippen LogP contribution >= 0.6 is 0 Å². The highest BCUT2D eigenvalue weighted by molar-refractivity contribution is 5.79. The molecule has 0 aromatic heterocycles. The third kappa shape index (κ3) is 6.82. The highest BCUT2D eigenvalue weighted by atomic mass is 16.5. The van der Waals surface area contributed by atoms with Crippen molar-refractivity contribution in [1.29, 1.82) is 0 Å². The molecule has 6 nitrogen and oxygen atoms in total. The summed E-state index contributed by atoms with van der Waals surface area (Å²) in [5.74, 6) is 1.27. The zero-order valence-electron chi connectivity index (χ0n) is 16.6. The van der Waals surface area contributed by atoms with Gasteiger partial charge in [-0.3, -0.25) is 4.79 Å². The predicted molar refractivity (Wildman–Crippen MR) is 113 cm³/mol. The fourth-order valence-electron chi connectivity index (χ4n) is 3.74. The van der Waals surface area contributed by atoms with Gasteiger partial charge in [-0.05, 0) is 42.7 Å². The second kappa shape index (κ2) is 10.5. The van der Waals surface area contributed by atoms with E-state index in [0.717, 1.165) is 37.0 Å². The minimum Gasteiger partial charge on any atom is -0.457 e. The van der Waals surface area contributed by atoms with Crippen molar-refractivity contribution in [3.8, 4) is 11.5 Å². The first-order valence-electron chi connectivity index (χ1n) is 10.3. The second-order valence-corrected chi connectivity index (χ2v) is 7.51. The van der Waals surface area contributed by atoms with E-state index in [-0.39, 0.29) is 18.4 Å². The molecule has 1 unspecified atom stereocenters. The van der Waals surface area contributed by atoms with Crippen LogP contribution in [0.4, 0.5) is 4.79 Å². The predicted octanol–water partition coefficient (Wildman–Crippen LogP) is 4.42. The number of nitrogens with two attached hydrogens (primary N) is 1. The number of nitrogens with one attached hydrogen (secondary N) is 2. The summed E-state index contributed by atoms with van der Waals surface area (Å²) < 4.78 is 5.87. The van der Waals surface area contributed by atoms with E-state index in [1.165, 1.54) is 12.8 Å². The van der Waals surface area contributed by atoms with Gasteiger partial charge >= 0.3 is 6.03 Å². The summed E-state index contributed by atoms with van der Waals surface area (Å²) in [5, 5.41) is 5.81. The molecule has 2 aromatic carbocycles. The van der Waals surface area contributed by atoms with Gasteiger partial charge in [0.15, 0.2) is 0 Å². The average Bonchev–Trinajstić information content (AvgIpc) is 2.97.